The van der Waals surface area contributed by atoms with Crippen LogP contribution in [0.1, 0.15) is 49.8 Å². The van der Waals surface area contributed by atoms with Crippen molar-refractivity contribution in [3.8, 4) is 5.75 Å². The Balaban J connectivity index is 1.40. The van der Waals surface area contributed by atoms with Crippen LogP contribution >= 0.6 is 21.6 Å². The molecule has 0 spiro atoms. The molecule has 542 valence electrons. The van der Waals surface area contributed by atoms with E-state index < -0.39 is 152 Å². The van der Waals surface area contributed by atoms with Crippen LogP contribution in [0.2, 0.25) is 0 Å². The molecule has 1 aromatic heterocycles. The van der Waals surface area contributed by atoms with Crippen LogP contribution in [0.5, 0.6) is 5.75 Å². The minimum atomic E-state index is -1.77. The number of nitrogens with zero attached hydrogens (tertiary/aromatic N) is 4. The van der Waals surface area contributed by atoms with Crippen molar-refractivity contribution in [3.05, 3.63) is 102 Å². The van der Waals surface area contributed by atoms with Gasteiger partial charge in [0.05, 0.1) is 51.0 Å². The van der Waals surface area contributed by atoms with E-state index in [0.29, 0.717) is 34.0 Å². The smallest absolute Gasteiger partial charge is 0.317 e. The summed E-state index contributed by atoms with van der Waals surface area (Å²) in [6, 6.07) is 9.21. The number of nitrogens with one attached hydrogen (secondary N) is 9. The second-order valence-electron chi connectivity index (χ2n) is 24.5. The van der Waals surface area contributed by atoms with Gasteiger partial charge in [-0.2, -0.15) is 0 Å². The van der Waals surface area contributed by atoms with Crippen molar-refractivity contribution in [2.24, 2.45) is 5.73 Å². The Bertz CT molecular complexity index is 3320. The van der Waals surface area contributed by atoms with Gasteiger partial charge in [-0.15, -0.1) is 0 Å². The third-order valence-corrected chi connectivity index (χ3v) is 19.0. The van der Waals surface area contributed by atoms with Gasteiger partial charge >= 0.3 is 17.9 Å². The second-order valence-corrected chi connectivity index (χ2v) is 27.0. The number of aromatic nitrogens is 1. The molecule has 2 fully saturated rings. The Morgan fingerprint density at radius 3 is 1.68 bits per heavy atom. The van der Waals surface area contributed by atoms with Gasteiger partial charge in [0, 0.05) is 100 Å². The summed E-state index contributed by atoms with van der Waals surface area (Å²) in [5, 5.41) is 93.2. The predicted octanol–water partition coefficient (Wildman–Crippen LogP) is -3.47. The molecule has 3 heterocycles. The Morgan fingerprint density at radius 1 is 0.596 bits per heavy atom. The number of aliphatic carboxylic acids is 3. The summed E-state index contributed by atoms with van der Waals surface area (Å²) in [4.78, 5) is 163. The van der Waals surface area contributed by atoms with E-state index in [-0.39, 0.29) is 115 Å². The number of para-hydroxylation sites is 1. The summed E-state index contributed by atoms with van der Waals surface area (Å²) < 4.78 is 0. The van der Waals surface area contributed by atoms with Crippen LogP contribution in [0.4, 0.5) is 0 Å². The molecule has 34 heteroatoms. The van der Waals surface area contributed by atoms with Crippen molar-refractivity contribution in [3.63, 3.8) is 0 Å². The number of carboxylic acid groups (broad SMARTS) is 3. The number of benzene rings is 3. The van der Waals surface area contributed by atoms with E-state index in [1.165, 1.54) is 38.1 Å². The molecular formula is C65H92N14O18S2. The number of carbonyl (C=O) groups is 11. The van der Waals surface area contributed by atoms with Crippen LogP contribution in [-0.4, -0.2) is 289 Å². The Morgan fingerprint density at radius 2 is 1.12 bits per heavy atom. The van der Waals surface area contributed by atoms with Crippen molar-refractivity contribution in [2.45, 2.75) is 113 Å². The van der Waals surface area contributed by atoms with Crippen LogP contribution in [-0.2, 0) is 72.0 Å². The molecule has 2 saturated heterocycles. The van der Waals surface area contributed by atoms with E-state index in [1.54, 1.807) is 80.4 Å². The maximum Gasteiger partial charge on any atom is 0.317 e. The van der Waals surface area contributed by atoms with E-state index in [0.717, 1.165) is 21.6 Å². The lowest BCUT2D eigenvalue weighted by molar-refractivity contribution is -0.140. The number of hydrogen-bond donors (Lipinski definition) is 17. The number of unbranched alkanes of at least 4 members (excludes halogenated alkanes) is 1. The monoisotopic (exact) mass is 1420 g/mol. The third kappa shape index (κ3) is 27.0. The molecule has 2 aliphatic rings. The van der Waals surface area contributed by atoms with Gasteiger partial charge in [0.15, 0.2) is 0 Å². The zero-order valence-electron chi connectivity index (χ0n) is 55.2. The molecule has 2 aliphatic heterocycles. The number of aromatic amines is 1. The number of aliphatic hydroxyl groups is 3. The molecule has 1 unspecified atom stereocenters. The van der Waals surface area contributed by atoms with Crippen LogP contribution in [0.3, 0.4) is 0 Å². The predicted molar refractivity (Wildman–Crippen MR) is 366 cm³/mol. The topological polar surface area (TPSA) is 480 Å². The van der Waals surface area contributed by atoms with E-state index in [9.17, 15) is 74.1 Å². The highest BCUT2D eigenvalue weighted by Crippen LogP contribution is 2.25. The maximum atomic E-state index is 15.3. The molecule has 8 amide bonds. The summed E-state index contributed by atoms with van der Waals surface area (Å²) in [6.45, 7) is 1.08. The molecule has 99 heavy (non-hydrogen) atoms. The van der Waals surface area contributed by atoms with Crippen molar-refractivity contribution in [2.75, 3.05) is 103 Å². The summed E-state index contributed by atoms with van der Waals surface area (Å²) in [5.41, 5.74) is 8.05. The van der Waals surface area contributed by atoms with Crippen molar-refractivity contribution in [1.82, 2.24) is 67.1 Å². The molecular weight excluding hydrogens is 1330 g/mol. The van der Waals surface area contributed by atoms with Crippen molar-refractivity contribution < 1.29 is 88.5 Å². The summed E-state index contributed by atoms with van der Waals surface area (Å²) in [5.74, 6) is -11.6. The molecule has 10 atom stereocenters. The molecule has 18 N–H and O–H groups in total. The lowest BCUT2D eigenvalue weighted by Crippen LogP contribution is -2.62. The molecule has 6 rings (SSSR count). The normalized spacial score (nSPS) is 22.0. The van der Waals surface area contributed by atoms with Gasteiger partial charge in [-0.05, 0) is 74.5 Å². The van der Waals surface area contributed by atoms with Crippen molar-refractivity contribution in [1.29, 1.82) is 0 Å². The summed E-state index contributed by atoms with van der Waals surface area (Å²) in [6.07, 6.45) is -1.31. The lowest BCUT2D eigenvalue weighted by Gasteiger charge is -2.33. The van der Waals surface area contributed by atoms with E-state index >= 15 is 14.4 Å². The van der Waals surface area contributed by atoms with Gasteiger partial charge in [-0.3, -0.25) is 72.3 Å². The minimum Gasteiger partial charge on any atom is -0.508 e. The third-order valence-electron chi connectivity index (χ3n) is 16.6. The van der Waals surface area contributed by atoms with E-state index in [2.05, 4.69) is 47.5 Å². The highest BCUT2D eigenvalue weighted by molar-refractivity contribution is 8.76. The zero-order chi connectivity index (χ0) is 72.1. The molecule has 0 bridgehead atoms. The van der Waals surface area contributed by atoms with Gasteiger partial charge < -0.3 is 89.0 Å². The van der Waals surface area contributed by atoms with Gasteiger partial charge in [-0.25, -0.2) is 0 Å². The fraction of sp³-hybridized carbons (Fsp3) is 0.523. The maximum absolute atomic E-state index is 15.3. The number of fused-ring (bicyclic) bond motifs is 1. The van der Waals surface area contributed by atoms with Crippen LogP contribution in [0.15, 0.2) is 85.1 Å². The number of amides is 8. The number of rotatable bonds is 26. The van der Waals surface area contributed by atoms with Crippen LogP contribution < -0.4 is 48.3 Å². The van der Waals surface area contributed by atoms with Gasteiger partial charge in [0.25, 0.3) is 0 Å². The molecule has 0 aliphatic carbocycles. The minimum absolute atomic E-state index is 0.0540. The van der Waals surface area contributed by atoms with Crippen molar-refractivity contribution >= 4 is 97.7 Å². The first-order chi connectivity index (χ1) is 47.3. The highest BCUT2D eigenvalue weighted by Gasteiger charge is 2.37. The average molecular weight is 1420 g/mol. The average Bonchev–Trinajstić information content (AvgIpc) is 1.73. The summed E-state index contributed by atoms with van der Waals surface area (Å²) in [7, 11) is 1.81. The number of aromatic hydroxyl groups is 1. The SMILES string of the molecule is C[C@H](O)[C@@H]1NC(=O)[C@H](CCCCN)NC(=O)[C@@H](Cc2c[nH]c3ccccc23)NC(=O)[C@H](Cc2ccc(O)cc2)NC(=O)[C@@H](NC(=O)[C@@H](Cc2ccccc2)NC(=O)CN2CCN(CC(=O)O)CCN(CC(=O)O)CCN(CC(=O)O)CC2)CSSCC(C(=O)N[C@H](CO)[C@H](C)O)NC1=O. The molecule has 32 nitrogen and oxygen atoms in total. The fourth-order valence-corrected chi connectivity index (χ4v) is 13.4. The zero-order valence-corrected chi connectivity index (χ0v) is 56.8. The Hall–Kier alpha value is -8.45. The number of aliphatic hydroxyl groups excluding tert-OH is 3. The number of nitrogens with two attached hydrogens (primary N) is 1. The molecule has 4 aromatic rings. The highest BCUT2D eigenvalue weighted by atomic mass is 33.1. The molecule has 0 radical (unpaired) electrons. The first kappa shape index (κ1) is 79.5. The standard InChI is InChI=1S/C65H92N14O18S2/c1-39(81)51(36-80)72-64(96)53-38-99-98-37-52(73-60(92)48(28-41-10-4-3-5-11-41)68-54(84)32-76-20-22-77(33-55(85)86)24-26-79(35-57(89)90)27-25-78(23-21-76)34-56(87)88)63(95)70-49(29-42-15-17-44(83)18-16-42)61(93)71-50(30-43-31-67-46-13-7-6-12-45(43)46)62(94)69-47(14-8-9-19-66)59(91)75-58(40(2)82)65(97)74-53/h3-7,10-13,15-18,31,39-40,47-53,58,67,80-83H,8-9,14,19-30,32-38,66H2,1-2H3,(H,68,84)(H,69,94)(H,70,95)(H,71,93)(H,72,96)(H,73,92)(H,74,97)(H,75,91)(H,85,86)(H,87,88)(H,89,90)/t39-,40-,47-,48+,49-,50+,51+,52-,53?,58-/m0/s1. The van der Waals surface area contributed by atoms with Crippen LogP contribution in [0.25, 0.3) is 10.9 Å². The van der Waals surface area contributed by atoms with E-state index in [1.807, 2.05) is 0 Å². The fourth-order valence-electron chi connectivity index (χ4n) is 11.1. The lowest BCUT2D eigenvalue weighted by atomic mass is 10.0. The number of phenols is 1. The number of carboxylic acids is 3. The van der Waals surface area contributed by atoms with E-state index in [4.69, 9.17) is 5.73 Å². The number of phenolic OH excluding ortho intramolecular Hbond substituents is 1. The first-order valence-corrected chi connectivity index (χ1v) is 35.0. The number of H-pyrrole nitrogens is 1. The Labute approximate surface area is 580 Å². The number of hydrogen-bond acceptors (Lipinski definition) is 22. The largest absolute Gasteiger partial charge is 0.508 e. The van der Waals surface area contributed by atoms with Gasteiger partial charge in [-0.1, -0.05) is 82.3 Å². The van der Waals surface area contributed by atoms with Gasteiger partial charge in [0.1, 0.15) is 48.0 Å². The second kappa shape index (κ2) is 40.6. The summed E-state index contributed by atoms with van der Waals surface area (Å²) >= 11 is 0. The Kier molecular flexibility index (Phi) is 32.6. The number of carbonyl (C=O) groups excluding carboxylic acids is 8. The molecule has 0 saturated carbocycles. The molecule has 3 aromatic carbocycles. The first-order valence-electron chi connectivity index (χ1n) is 32.5. The van der Waals surface area contributed by atoms with Gasteiger partial charge in [0.2, 0.25) is 47.3 Å². The van der Waals surface area contributed by atoms with Crippen LogP contribution in [0, 0.1) is 0 Å². The quantitative estimate of drug-likeness (QED) is 0.0215.